The first kappa shape index (κ1) is 18.6. The van der Waals surface area contributed by atoms with Gasteiger partial charge in [-0.25, -0.2) is 0 Å². The van der Waals surface area contributed by atoms with Gasteiger partial charge in [0.25, 0.3) is 5.91 Å². The van der Waals surface area contributed by atoms with Crippen LogP contribution in [0.1, 0.15) is 40.3 Å². The number of anilines is 1. The molecular weight excluding hydrogens is 364 g/mol. The number of aromatic nitrogens is 2. The van der Waals surface area contributed by atoms with E-state index in [9.17, 15) is 4.79 Å². The number of amides is 1. The summed E-state index contributed by atoms with van der Waals surface area (Å²) in [5.41, 5.74) is 4.57. The molecule has 5 heterocycles. The number of nitrogens with zero attached hydrogens (tertiary/aromatic N) is 3. The number of hydrogen-bond acceptors (Lipinski definition) is 5. The van der Waals surface area contributed by atoms with E-state index in [1.54, 1.807) is 0 Å². The lowest BCUT2D eigenvalue weighted by Crippen LogP contribution is -2.42. The van der Waals surface area contributed by atoms with E-state index in [1.807, 2.05) is 39.1 Å². The predicted molar refractivity (Wildman–Crippen MR) is 111 cm³/mol. The Morgan fingerprint density at radius 3 is 2.93 bits per heavy atom. The molecule has 0 aromatic carbocycles. The molecule has 6 heteroatoms. The monoisotopic (exact) mass is 392 g/mol. The lowest BCUT2D eigenvalue weighted by Gasteiger charge is -2.29. The Kier molecular flexibility index (Phi) is 4.35. The Labute approximate surface area is 171 Å². The van der Waals surface area contributed by atoms with Gasteiger partial charge in [-0.1, -0.05) is 0 Å². The van der Waals surface area contributed by atoms with Gasteiger partial charge < -0.3 is 15.0 Å². The van der Waals surface area contributed by atoms with Crippen LogP contribution in [-0.4, -0.2) is 47.2 Å². The molecule has 152 valence electrons. The summed E-state index contributed by atoms with van der Waals surface area (Å²) in [5, 5.41) is 3.17. The molecule has 6 nitrogen and oxygen atoms in total. The number of fused-ring (bicyclic) bond motifs is 1. The topological polar surface area (TPSA) is 67.4 Å². The highest BCUT2D eigenvalue weighted by atomic mass is 16.5. The van der Waals surface area contributed by atoms with Gasteiger partial charge in [0, 0.05) is 54.7 Å². The van der Waals surface area contributed by atoms with Crippen molar-refractivity contribution < 1.29 is 9.53 Å². The molecule has 2 aromatic rings. The van der Waals surface area contributed by atoms with Gasteiger partial charge in [-0.15, -0.1) is 0 Å². The molecule has 5 rings (SSSR count). The fourth-order valence-corrected chi connectivity index (χ4v) is 5.62. The Balaban J connectivity index is 1.30. The van der Waals surface area contributed by atoms with Crippen LogP contribution in [0.25, 0.3) is 0 Å². The molecule has 0 unspecified atom stereocenters. The van der Waals surface area contributed by atoms with Gasteiger partial charge in [0.05, 0.1) is 23.0 Å². The molecule has 0 aliphatic carbocycles. The van der Waals surface area contributed by atoms with Crippen molar-refractivity contribution in [2.75, 3.05) is 24.5 Å². The zero-order chi connectivity index (χ0) is 20.2. The molecule has 29 heavy (non-hydrogen) atoms. The van der Waals surface area contributed by atoms with Crippen LogP contribution in [0.3, 0.4) is 0 Å². The molecule has 2 aromatic heterocycles. The summed E-state index contributed by atoms with van der Waals surface area (Å²) < 4.78 is 6.53. The zero-order valence-corrected chi connectivity index (χ0v) is 17.3. The summed E-state index contributed by atoms with van der Waals surface area (Å²) in [6, 6.07) is 7.99. The molecule has 1 N–H and O–H groups in total. The average molecular weight is 393 g/mol. The van der Waals surface area contributed by atoms with E-state index in [0.717, 1.165) is 43.0 Å². The van der Waals surface area contributed by atoms with Crippen LogP contribution in [0.4, 0.5) is 5.69 Å². The molecule has 1 spiro atoms. The van der Waals surface area contributed by atoms with E-state index in [2.05, 4.69) is 32.3 Å². The van der Waals surface area contributed by atoms with E-state index in [4.69, 9.17) is 4.74 Å². The summed E-state index contributed by atoms with van der Waals surface area (Å²) in [6.07, 6.45) is 4.35. The van der Waals surface area contributed by atoms with Crippen LogP contribution in [0, 0.1) is 32.6 Å². The molecule has 1 amide bonds. The molecule has 0 saturated carbocycles. The second-order valence-electron chi connectivity index (χ2n) is 8.86. The lowest BCUT2D eigenvalue weighted by molar-refractivity contribution is 0.0141. The molecule has 4 atom stereocenters. The van der Waals surface area contributed by atoms with Crippen molar-refractivity contribution in [2.45, 2.75) is 45.3 Å². The fourth-order valence-electron chi connectivity index (χ4n) is 5.62. The van der Waals surface area contributed by atoms with Crippen molar-refractivity contribution in [3.8, 4) is 0 Å². The van der Waals surface area contributed by atoms with Gasteiger partial charge in [-0.3, -0.25) is 14.8 Å². The van der Waals surface area contributed by atoms with E-state index < -0.39 is 0 Å². The Hall–Kier alpha value is -2.47. The van der Waals surface area contributed by atoms with Gasteiger partial charge >= 0.3 is 0 Å². The maximum absolute atomic E-state index is 12.7. The van der Waals surface area contributed by atoms with Crippen molar-refractivity contribution >= 4 is 11.6 Å². The molecule has 0 radical (unpaired) electrons. The van der Waals surface area contributed by atoms with Crippen LogP contribution in [-0.2, 0) is 4.74 Å². The predicted octanol–water partition coefficient (Wildman–Crippen LogP) is 2.82. The minimum atomic E-state index is -0.0570. The molecule has 3 aliphatic rings. The summed E-state index contributed by atoms with van der Waals surface area (Å²) in [5.74, 6) is 0.776. The number of aryl methyl sites for hydroxylation is 3. The first-order valence-electron chi connectivity index (χ1n) is 10.5. The first-order chi connectivity index (χ1) is 13.9. The third-order valence-corrected chi connectivity index (χ3v) is 7.00. The molecule has 2 bridgehead atoms. The summed E-state index contributed by atoms with van der Waals surface area (Å²) in [7, 11) is 0. The Morgan fingerprint density at radius 1 is 1.28 bits per heavy atom. The van der Waals surface area contributed by atoms with E-state index in [1.165, 1.54) is 5.69 Å². The van der Waals surface area contributed by atoms with Gasteiger partial charge in [-0.05, 0) is 57.9 Å². The minimum Gasteiger partial charge on any atom is -0.369 e. The Morgan fingerprint density at radius 2 is 2.14 bits per heavy atom. The van der Waals surface area contributed by atoms with E-state index in [-0.39, 0.29) is 17.6 Å². The SMILES string of the molecule is Cc1cc(N2C[C@@H]3[C@H](CNC(=O)c4ccc(C)nc4C)[C@H]4CC[C@]3(C2)O4)ccn1. The van der Waals surface area contributed by atoms with Gasteiger partial charge in [0.2, 0.25) is 0 Å². The van der Waals surface area contributed by atoms with Crippen molar-refractivity contribution in [1.29, 1.82) is 0 Å². The van der Waals surface area contributed by atoms with Crippen molar-refractivity contribution in [3.05, 3.63) is 53.1 Å². The molecular formula is C23H28N4O2. The third-order valence-electron chi connectivity index (χ3n) is 7.00. The average Bonchev–Trinajstić information content (AvgIpc) is 3.34. The number of rotatable bonds is 4. The highest BCUT2D eigenvalue weighted by Gasteiger charge is 2.62. The first-order valence-corrected chi connectivity index (χ1v) is 10.5. The maximum Gasteiger partial charge on any atom is 0.253 e. The smallest absolute Gasteiger partial charge is 0.253 e. The van der Waals surface area contributed by atoms with Gasteiger partial charge in [0.1, 0.15) is 0 Å². The fraction of sp³-hybridized carbons (Fsp3) is 0.522. The summed E-state index contributed by atoms with van der Waals surface area (Å²) in [6.45, 7) is 8.43. The standard InChI is InChI=1S/C23H28N4O2/c1-14-4-5-18(16(3)26-14)22(28)25-11-19-20-12-27(17-7-9-24-15(2)10-17)13-23(20)8-6-21(19)29-23/h4-5,7,9-10,19-21H,6,8,11-13H2,1-3H3,(H,25,28)/t19-,20+,21+,23+/m0/s1. The second-order valence-corrected chi connectivity index (χ2v) is 8.86. The van der Waals surface area contributed by atoms with Crippen LogP contribution in [0.5, 0.6) is 0 Å². The third kappa shape index (κ3) is 3.10. The highest BCUT2D eigenvalue weighted by Crippen LogP contribution is 2.55. The van der Waals surface area contributed by atoms with Crippen LogP contribution < -0.4 is 10.2 Å². The number of carbonyl (C=O) groups is 1. The normalized spacial score (nSPS) is 29.9. The molecule has 3 saturated heterocycles. The van der Waals surface area contributed by atoms with Crippen molar-refractivity contribution in [2.24, 2.45) is 11.8 Å². The molecule has 3 fully saturated rings. The lowest BCUT2D eigenvalue weighted by atomic mass is 9.73. The van der Waals surface area contributed by atoms with Crippen molar-refractivity contribution in [3.63, 3.8) is 0 Å². The van der Waals surface area contributed by atoms with E-state index >= 15 is 0 Å². The van der Waals surface area contributed by atoms with Gasteiger partial charge in [0.15, 0.2) is 0 Å². The van der Waals surface area contributed by atoms with Crippen LogP contribution in [0.2, 0.25) is 0 Å². The van der Waals surface area contributed by atoms with Crippen molar-refractivity contribution in [1.82, 2.24) is 15.3 Å². The number of hydrogen-bond donors (Lipinski definition) is 1. The number of ether oxygens (including phenoxy) is 1. The zero-order valence-electron chi connectivity index (χ0n) is 17.3. The highest BCUT2D eigenvalue weighted by molar-refractivity contribution is 5.95. The summed E-state index contributed by atoms with van der Waals surface area (Å²) >= 11 is 0. The van der Waals surface area contributed by atoms with E-state index in [0.29, 0.717) is 23.9 Å². The number of pyridine rings is 2. The second kappa shape index (κ2) is 6.80. The maximum atomic E-state index is 12.7. The largest absolute Gasteiger partial charge is 0.369 e. The number of carbonyl (C=O) groups excluding carboxylic acids is 1. The van der Waals surface area contributed by atoms with Crippen LogP contribution in [0.15, 0.2) is 30.5 Å². The summed E-state index contributed by atoms with van der Waals surface area (Å²) in [4.78, 5) is 23.9. The molecule has 3 aliphatic heterocycles. The minimum absolute atomic E-state index is 0.0357. The number of nitrogens with one attached hydrogen (secondary N) is 1. The quantitative estimate of drug-likeness (QED) is 0.867. The van der Waals surface area contributed by atoms with Gasteiger partial charge in [-0.2, -0.15) is 0 Å². The Bertz CT molecular complexity index is 962. The van der Waals surface area contributed by atoms with Crippen LogP contribution >= 0.6 is 0 Å².